The van der Waals surface area contributed by atoms with Crippen molar-refractivity contribution in [3.8, 4) is 5.75 Å². The van der Waals surface area contributed by atoms with Crippen LogP contribution in [0.15, 0.2) is 24.3 Å². The van der Waals surface area contributed by atoms with Gasteiger partial charge in [0.2, 0.25) is 0 Å². The van der Waals surface area contributed by atoms with E-state index in [9.17, 15) is 0 Å². The van der Waals surface area contributed by atoms with Gasteiger partial charge in [-0.15, -0.1) is 0 Å². The molecular weight excluding hydrogens is 406 g/mol. The second-order valence-corrected chi connectivity index (χ2v) is 11.4. The maximum absolute atomic E-state index is 6.43. The molecule has 4 rings (SSSR count). The fraction of sp³-hybridized carbons (Fsp3) is 0.769. The number of epoxide rings is 1. The zero-order chi connectivity index (χ0) is 23.0. The fourth-order valence-electron chi connectivity index (χ4n) is 5.16. The third-order valence-electron chi connectivity index (χ3n) is 7.10. The van der Waals surface area contributed by atoms with Gasteiger partial charge in [0.15, 0.2) is 5.79 Å². The fourth-order valence-corrected chi connectivity index (χ4v) is 5.16. The van der Waals surface area contributed by atoms with Gasteiger partial charge in [-0.3, -0.25) is 4.84 Å². The van der Waals surface area contributed by atoms with Crippen molar-refractivity contribution >= 4 is 0 Å². The standard InChI is InChI=1S/C26H41NO5/c1-7-25(6)18-30-26(31-19-25)16-23(2,3)27(24(4,5)17-26)32-13-12-20-8-10-21(11-9-20)28-14-22-15-29-22/h8-11,22H,7,12-19H2,1-6H3. The third kappa shape index (κ3) is 5.48. The highest BCUT2D eigenvalue weighted by Gasteiger charge is 2.57. The van der Waals surface area contributed by atoms with Crippen molar-refractivity contribution < 1.29 is 23.8 Å². The van der Waals surface area contributed by atoms with Gasteiger partial charge >= 0.3 is 0 Å². The average molecular weight is 448 g/mol. The molecule has 0 aromatic heterocycles. The molecule has 1 aromatic carbocycles. The minimum Gasteiger partial charge on any atom is -0.491 e. The lowest BCUT2D eigenvalue weighted by atomic mass is 9.76. The highest BCUT2D eigenvalue weighted by molar-refractivity contribution is 5.27. The van der Waals surface area contributed by atoms with Crippen molar-refractivity contribution in [1.29, 1.82) is 0 Å². The van der Waals surface area contributed by atoms with Crippen molar-refractivity contribution in [3.63, 3.8) is 0 Å². The van der Waals surface area contributed by atoms with E-state index >= 15 is 0 Å². The molecule has 3 aliphatic heterocycles. The highest BCUT2D eigenvalue weighted by atomic mass is 16.7. The number of hydrogen-bond donors (Lipinski definition) is 0. The van der Waals surface area contributed by atoms with E-state index < -0.39 is 5.79 Å². The molecule has 1 unspecified atom stereocenters. The van der Waals surface area contributed by atoms with Crippen LogP contribution in [0.25, 0.3) is 0 Å². The summed E-state index contributed by atoms with van der Waals surface area (Å²) in [6.45, 7) is 17.0. The molecule has 1 atom stereocenters. The molecule has 180 valence electrons. The smallest absolute Gasteiger partial charge is 0.171 e. The zero-order valence-electron chi connectivity index (χ0n) is 20.7. The lowest BCUT2D eigenvalue weighted by Gasteiger charge is -2.59. The van der Waals surface area contributed by atoms with Crippen LogP contribution in [0.5, 0.6) is 5.75 Å². The molecule has 0 amide bonds. The summed E-state index contributed by atoms with van der Waals surface area (Å²) >= 11 is 0. The molecule has 0 N–H and O–H groups in total. The largest absolute Gasteiger partial charge is 0.491 e. The topological polar surface area (TPSA) is 52.7 Å². The lowest BCUT2D eigenvalue weighted by Crippen LogP contribution is -2.68. The Labute approximate surface area is 193 Å². The van der Waals surface area contributed by atoms with E-state index in [1.165, 1.54) is 5.56 Å². The van der Waals surface area contributed by atoms with Crippen LogP contribution in [0.2, 0.25) is 0 Å². The number of hydrogen-bond acceptors (Lipinski definition) is 6. The Hall–Kier alpha value is -1.18. The molecular formula is C26H41NO5. The summed E-state index contributed by atoms with van der Waals surface area (Å²) in [4.78, 5) is 6.41. The normalized spacial score (nSPS) is 27.9. The van der Waals surface area contributed by atoms with Crippen LogP contribution < -0.4 is 4.74 Å². The van der Waals surface area contributed by atoms with Gasteiger partial charge < -0.3 is 18.9 Å². The monoisotopic (exact) mass is 447 g/mol. The lowest BCUT2D eigenvalue weighted by molar-refractivity contribution is -0.381. The molecule has 3 heterocycles. The van der Waals surface area contributed by atoms with Gasteiger partial charge in [-0.05, 0) is 58.2 Å². The second-order valence-electron chi connectivity index (χ2n) is 11.4. The van der Waals surface area contributed by atoms with Crippen LogP contribution in [0.3, 0.4) is 0 Å². The summed E-state index contributed by atoms with van der Waals surface area (Å²) in [6, 6.07) is 8.28. The molecule has 0 aliphatic carbocycles. The maximum Gasteiger partial charge on any atom is 0.171 e. The first kappa shape index (κ1) is 24.0. The Morgan fingerprint density at radius 2 is 1.56 bits per heavy atom. The SMILES string of the molecule is CCC1(C)COC2(CC(C)(C)N(OCCc3ccc(OCC4CO4)cc3)C(C)(C)C2)OC1. The molecule has 0 radical (unpaired) electrons. The minimum absolute atomic E-state index is 0.111. The molecule has 1 aromatic rings. The predicted octanol–water partition coefficient (Wildman–Crippen LogP) is 4.75. The molecule has 6 nitrogen and oxygen atoms in total. The van der Waals surface area contributed by atoms with Crippen LogP contribution in [0.4, 0.5) is 0 Å². The summed E-state index contributed by atoms with van der Waals surface area (Å²) < 4.78 is 23.8. The Morgan fingerprint density at radius 1 is 0.969 bits per heavy atom. The Kier molecular flexibility index (Phi) is 6.65. The van der Waals surface area contributed by atoms with E-state index in [0.29, 0.717) is 13.2 Å². The summed E-state index contributed by atoms with van der Waals surface area (Å²) in [5.41, 5.74) is 0.940. The summed E-state index contributed by atoms with van der Waals surface area (Å²) in [5.74, 6) is 0.364. The van der Waals surface area contributed by atoms with Crippen molar-refractivity contribution in [2.45, 2.75) is 90.2 Å². The molecule has 3 aliphatic rings. The van der Waals surface area contributed by atoms with Crippen molar-refractivity contribution in [3.05, 3.63) is 29.8 Å². The van der Waals surface area contributed by atoms with E-state index in [2.05, 4.69) is 58.7 Å². The quantitative estimate of drug-likeness (QED) is 0.536. The number of hydroxylamine groups is 2. The molecule has 0 bridgehead atoms. The molecule has 6 heteroatoms. The van der Waals surface area contributed by atoms with Crippen LogP contribution in [-0.4, -0.2) is 61.1 Å². The highest BCUT2D eigenvalue weighted by Crippen LogP contribution is 2.49. The molecule has 0 saturated carbocycles. The Balaban J connectivity index is 1.31. The van der Waals surface area contributed by atoms with E-state index in [4.69, 9.17) is 23.8 Å². The van der Waals surface area contributed by atoms with Crippen LogP contribution in [0, 0.1) is 5.41 Å². The van der Waals surface area contributed by atoms with Gasteiger partial charge in [-0.2, -0.15) is 5.06 Å². The number of ether oxygens (including phenoxy) is 4. The third-order valence-corrected chi connectivity index (χ3v) is 7.10. The summed E-state index contributed by atoms with van der Waals surface area (Å²) in [5, 5.41) is 2.18. The molecule has 3 fully saturated rings. The van der Waals surface area contributed by atoms with Gasteiger partial charge in [-0.1, -0.05) is 26.0 Å². The number of nitrogens with zero attached hydrogens (tertiary/aromatic N) is 1. The van der Waals surface area contributed by atoms with Gasteiger partial charge in [0.05, 0.1) is 26.4 Å². The van der Waals surface area contributed by atoms with Crippen LogP contribution in [-0.2, 0) is 25.5 Å². The minimum atomic E-state index is -0.525. The number of benzene rings is 1. The van der Waals surface area contributed by atoms with Gasteiger partial charge in [-0.25, -0.2) is 0 Å². The van der Waals surface area contributed by atoms with Crippen molar-refractivity contribution in [1.82, 2.24) is 5.06 Å². The van der Waals surface area contributed by atoms with Crippen molar-refractivity contribution in [2.75, 3.05) is 33.0 Å². The zero-order valence-corrected chi connectivity index (χ0v) is 20.7. The second kappa shape index (κ2) is 8.88. The van der Waals surface area contributed by atoms with Crippen LogP contribution >= 0.6 is 0 Å². The maximum atomic E-state index is 6.43. The summed E-state index contributed by atoms with van der Waals surface area (Å²) in [7, 11) is 0. The average Bonchev–Trinajstić information content (AvgIpc) is 3.56. The molecule has 32 heavy (non-hydrogen) atoms. The van der Waals surface area contributed by atoms with E-state index in [-0.39, 0.29) is 22.6 Å². The molecule has 3 saturated heterocycles. The van der Waals surface area contributed by atoms with Gasteiger partial charge in [0.1, 0.15) is 18.5 Å². The summed E-state index contributed by atoms with van der Waals surface area (Å²) in [6.07, 6.45) is 3.77. The first-order valence-electron chi connectivity index (χ1n) is 12.1. The van der Waals surface area contributed by atoms with E-state index in [0.717, 1.165) is 51.3 Å². The van der Waals surface area contributed by atoms with E-state index in [1.807, 2.05) is 12.1 Å². The predicted molar refractivity (Wildman–Crippen MR) is 124 cm³/mol. The first-order chi connectivity index (χ1) is 15.0. The first-order valence-corrected chi connectivity index (χ1v) is 12.1. The number of rotatable bonds is 8. The van der Waals surface area contributed by atoms with Crippen LogP contribution in [0.1, 0.15) is 66.4 Å². The number of piperidine rings is 1. The van der Waals surface area contributed by atoms with E-state index in [1.54, 1.807) is 0 Å². The van der Waals surface area contributed by atoms with Gasteiger partial charge in [0.25, 0.3) is 0 Å². The Morgan fingerprint density at radius 3 is 2.09 bits per heavy atom. The van der Waals surface area contributed by atoms with Gasteiger partial charge in [0, 0.05) is 29.3 Å². The van der Waals surface area contributed by atoms with Crippen molar-refractivity contribution in [2.24, 2.45) is 5.41 Å². The Bertz CT molecular complexity index is 743. The molecule has 1 spiro atoms.